The van der Waals surface area contributed by atoms with Crippen LogP contribution < -0.4 is 0 Å². The van der Waals surface area contributed by atoms with E-state index in [1.807, 2.05) is 36.4 Å². The lowest BCUT2D eigenvalue weighted by Crippen LogP contribution is -2.14. The van der Waals surface area contributed by atoms with Gasteiger partial charge >= 0.3 is 5.97 Å². The minimum Gasteiger partial charge on any atom is -0.476 e. The van der Waals surface area contributed by atoms with Crippen molar-refractivity contribution in [2.24, 2.45) is 5.16 Å². The summed E-state index contributed by atoms with van der Waals surface area (Å²) in [7, 11) is 0. The molecule has 0 fully saturated rings. The van der Waals surface area contributed by atoms with Gasteiger partial charge in [-0.15, -0.1) is 0 Å². The first-order valence-corrected chi connectivity index (χ1v) is 5.80. The third kappa shape index (κ3) is 3.67. The molecule has 0 saturated heterocycles. The molecule has 4 heteroatoms. The van der Waals surface area contributed by atoms with Gasteiger partial charge in [0.15, 0.2) is 5.71 Å². The maximum atomic E-state index is 11.1. The largest absolute Gasteiger partial charge is 0.476 e. The Morgan fingerprint density at radius 1 is 1.00 bits per heavy atom. The summed E-state index contributed by atoms with van der Waals surface area (Å²) in [5, 5.41) is 12.8. The van der Waals surface area contributed by atoms with E-state index in [9.17, 15) is 4.79 Å². The van der Waals surface area contributed by atoms with Crippen LogP contribution in [0.3, 0.4) is 0 Å². The molecular formula is C15H13NO3. The van der Waals surface area contributed by atoms with Crippen LogP contribution in [0.25, 0.3) is 0 Å². The second-order valence-corrected chi connectivity index (χ2v) is 3.87. The third-order valence-corrected chi connectivity index (χ3v) is 2.48. The van der Waals surface area contributed by atoms with Crippen LogP contribution in [0.5, 0.6) is 0 Å². The summed E-state index contributed by atoms with van der Waals surface area (Å²) in [5.41, 5.74) is 1.35. The number of carboxylic acid groups (broad SMARTS) is 1. The topological polar surface area (TPSA) is 58.9 Å². The van der Waals surface area contributed by atoms with E-state index in [1.165, 1.54) is 0 Å². The predicted octanol–water partition coefficient (Wildman–Crippen LogP) is 2.69. The van der Waals surface area contributed by atoms with Crippen molar-refractivity contribution in [3.63, 3.8) is 0 Å². The monoisotopic (exact) mass is 255 g/mol. The van der Waals surface area contributed by atoms with E-state index in [0.29, 0.717) is 5.56 Å². The van der Waals surface area contributed by atoms with Gasteiger partial charge in [-0.1, -0.05) is 65.8 Å². The van der Waals surface area contributed by atoms with Crippen molar-refractivity contribution in [2.75, 3.05) is 0 Å². The summed E-state index contributed by atoms with van der Waals surface area (Å²) in [5.74, 6) is -1.11. The van der Waals surface area contributed by atoms with Gasteiger partial charge < -0.3 is 9.94 Å². The maximum Gasteiger partial charge on any atom is 0.358 e. The summed E-state index contributed by atoms with van der Waals surface area (Å²) < 4.78 is 0. The van der Waals surface area contributed by atoms with E-state index in [2.05, 4.69) is 5.16 Å². The lowest BCUT2D eigenvalue weighted by Gasteiger charge is -2.03. The summed E-state index contributed by atoms with van der Waals surface area (Å²) >= 11 is 0. The SMILES string of the molecule is O=C(O)/C(=N\OCc1ccccc1)c1ccccc1. The van der Waals surface area contributed by atoms with Crippen molar-refractivity contribution in [1.82, 2.24) is 0 Å². The highest BCUT2D eigenvalue weighted by atomic mass is 16.6. The van der Waals surface area contributed by atoms with E-state index < -0.39 is 5.97 Å². The normalized spacial score (nSPS) is 11.1. The predicted molar refractivity (Wildman–Crippen MR) is 71.8 cm³/mol. The van der Waals surface area contributed by atoms with Crippen molar-refractivity contribution < 1.29 is 14.7 Å². The van der Waals surface area contributed by atoms with Crippen LogP contribution in [-0.4, -0.2) is 16.8 Å². The molecule has 96 valence electrons. The lowest BCUT2D eigenvalue weighted by molar-refractivity contribution is -0.129. The van der Waals surface area contributed by atoms with E-state index in [1.54, 1.807) is 24.3 Å². The summed E-state index contributed by atoms with van der Waals surface area (Å²) in [6.45, 7) is 0.241. The van der Waals surface area contributed by atoms with Gasteiger partial charge in [-0.3, -0.25) is 0 Å². The average molecular weight is 255 g/mol. The maximum absolute atomic E-state index is 11.1. The van der Waals surface area contributed by atoms with E-state index >= 15 is 0 Å². The van der Waals surface area contributed by atoms with Gasteiger partial charge in [0.05, 0.1) is 0 Å². The van der Waals surface area contributed by atoms with Gasteiger partial charge in [-0.2, -0.15) is 0 Å². The van der Waals surface area contributed by atoms with E-state index in [4.69, 9.17) is 9.94 Å². The van der Waals surface area contributed by atoms with Crippen molar-refractivity contribution in [2.45, 2.75) is 6.61 Å². The number of hydrogen-bond acceptors (Lipinski definition) is 3. The Kier molecular flexibility index (Phi) is 4.29. The second-order valence-electron chi connectivity index (χ2n) is 3.87. The first-order chi connectivity index (χ1) is 9.27. The Labute approximate surface area is 111 Å². The highest BCUT2D eigenvalue weighted by Crippen LogP contribution is 2.05. The number of oxime groups is 1. The van der Waals surface area contributed by atoms with Gasteiger partial charge in [0.1, 0.15) is 6.61 Å². The fourth-order valence-electron chi connectivity index (χ4n) is 1.56. The van der Waals surface area contributed by atoms with Crippen LogP contribution in [0.2, 0.25) is 0 Å². The third-order valence-electron chi connectivity index (χ3n) is 2.48. The summed E-state index contributed by atoms with van der Waals surface area (Å²) in [4.78, 5) is 16.2. The minimum atomic E-state index is -1.11. The molecule has 2 rings (SSSR count). The molecule has 0 bridgehead atoms. The van der Waals surface area contributed by atoms with Crippen LogP contribution in [0.4, 0.5) is 0 Å². The van der Waals surface area contributed by atoms with Gasteiger partial charge in [0.25, 0.3) is 0 Å². The van der Waals surface area contributed by atoms with E-state index in [-0.39, 0.29) is 12.3 Å². The van der Waals surface area contributed by atoms with Crippen LogP contribution in [-0.2, 0) is 16.2 Å². The standard InChI is InChI=1S/C15H13NO3/c17-15(18)14(13-9-5-2-6-10-13)16-19-11-12-7-3-1-4-8-12/h1-10H,11H2,(H,17,18)/b16-14-. The zero-order valence-electron chi connectivity index (χ0n) is 10.2. The average Bonchev–Trinajstić information content (AvgIpc) is 2.45. The second kappa shape index (κ2) is 6.35. The van der Waals surface area contributed by atoms with Gasteiger partial charge in [-0.05, 0) is 5.56 Å². The summed E-state index contributed by atoms with van der Waals surface area (Å²) in [6, 6.07) is 18.1. The molecule has 0 aromatic heterocycles. The quantitative estimate of drug-likeness (QED) is 0.660. The van der Waals surface area contributed by atoms with Gasteiger partial charge in [-0.25, -0.2) is 4.79 Å². The first-order valence-electron chi connectivity index (χ1n) is 5.80. The Balaban J connectivity index is 2.08. The van der Waals surface area contributed by atoms with Crippen molar-refractivity contribution in [3.05, 3.63) is 71.8 Å². The lowest BCUT2D eigenvalue weighted by atomic mass is 10.1. The van der Waals surface area contributed by atoms with Crippen molar-refractivity contribution in [3.8, 4) is 0 Å². The van der Waals surface area contributed by atoms with Gasteiger partial charge in [0.2, 0.25) is 0 Å². The molecule has 0 radical (unpaired) electrons. The number of nitrogens with zero attached hydrogens (tertiary/aromatic N) is 1. The molecule has 19 heavy (non-hydrogen) atoms. The molecule has 0 atom stereocenters. The highest BCUT2D eigenvalue weighted by Gasteiger charge is 2.12. The van der Waals surface area contributed by atoms with Crippen molar-refractivity contribution >= 4 is 11.7 Å². The molecule has 0 saturated carbocycles. The number of carbonyl (C=O) groups is 1. The number of benzene rings is 2. The zero-order chi connectivity index (χ0) is 13.5. The molecule has 0 spiro atoms. The summed E-state index contributed by atoms with van der Waals surface area (Å²) in [6.07, 6.45) is 0. The molecular weight excluding hydrogens is 242 g/mol. The molecule has 2 aromatic rings. The molecule has 2 aromatic carbocycles. The molecule has 0 amide bonds. The Bertz CT molecular complexity index is 564. The zero-order valence-corrected chi connectivity index (χ0v) is 10.2. The smallest absolute Gasteiger partial charge is 0.358 e. The van der Waals surface area contributed by atoms with Crippen molar-refractivity contribution in [1.29, 1.82) is 0 Å². The molecule has 0 heterocycles. The number of aliphatic carboxylic acids is 1. The minimum absolute atomic E-state index is 0.100. The Hall–Kier alpha value is -2.62. The molecule has 1 N–H and O–H groups in total. The van der Waals surface area contributed by atoms with Crippen LogP contribution in [0.15, 0.2) is 65.8 Å². The molecule has 0 aliphatic carbocycles. The Morgan fingerprint density at radius 2 is 1.58 bits per heavy atom. The van der Waals surface area contributed by atoms with Crippen LogP contribution in [0, 0.1) is 0 Å². The van der Waals surface area contributed by atoms with Crippen LogP contribution in [0.1, 0.15) is 11.1 Å². The first kappa shape index (κ1) is 12.8. The fourth-order valence-corrected chi connectivity index (χ4v) is 1.56. The van der Waals surface area contributed by atoms with Crippen LogP contribution >= 0.6 is 0 Å². The highest BCUT2D eigenvalue weighted by molar-refractivity contribution is 6.42. The van der Waals surface area contributed by atoms with E-state index in [0.717, 1.165) is 5.56 Å². The molecule has 4 nitrogen and oxygen atoms in total. The number of hydrogen-bond donors (Lipinski definition) is 1. The number of carboxylic acids is 1. The molecule has 0 aliphatic heterocycles. The molecule has 0 aliphatic rings. The number of rotatable bonds is 5. The fraction of sp³-hybridized carbons (Fsp3) is 0.0667. The Morgan fingerprint density at radius 3 is 2.16 bits per heavy atom. The van der Waals surface area contributed by atoms with Gasteiger partial charge in [0, 0.05) is 5.56 Å². The molecule has 0 unspecified atom stereocenters.